The van der Waals surface area contributed by atoms with E-state index in [0.717, 1.165) is 0 Å². The quantitative estimate of drug-likeness (QED) is 0.722. The smallest absolute Gasteiger partial charge is 0.332 e. The number of amides is 1. The van der Waals surface area contributed by atoms with Crippen molar-refractivity contribution >= 4 is 11.9 Å². The van der Waals surface area contributed by atoms with Crippen molar-refractivity contribution in [3.05, 3.63) is 35.1 Å². The predicted octanol–water partition coefficient (Wildman–Crippen LogP) is 0.700. The summed E-state index contributed by atoms with van der Waals surface area (Å²) in [7, 11) is 0. The maximum absolute atomic E-state index is 13.0. The lowest BCUT2D eigenvalue weighted by atomic mass is 10.1. The van der Waals surface area contributed by atoms with E-state index in [4.69, 9.17) is 10.2 Å². The summed E-state index contributed by atoms with van der Waals surface area (Å²) < 4.78 is 13.0. The molecule has 1 aromatic carbocycles. The van der Waals surface area contributed by atoms with E-state index < -0.39 is 23.8 Å². The van der Waals surface area contributed by atoms with Gasteiger partial charge in [0.2, 0.25) is 0 Å². The van der Waals surface area contributed by atoms with Crippen LogP contribution in [0.15, 0.2) is 18.2 Å². The van der Waals surface area contributed by atoms with Gasteiger partial charge in [-0.25, -0.2) is 9.18 Å². The Labute approximate surface area is 103 Å². The minimum Gasteiger partial charge on any atom is -0.479 e. The van der Waals surface area contributed by atoms with Crippen molar-refractivity contribution < 1.29 is 24.2 Å². The normalized spacial score (nSPS) is 11.9. The molecule has 6 heteroatoms. The van der Waals surface area contributed by atoms with Crippen molar-refractivity contribution in [2.75, 3.05) is 6.54 Å². The molecule has 0 aliphatic heterocycles. The van der Waals surface area contributed by atoms with Gasteiger partial charge in [0.1, 0.15) is 5.82 Å². The predicted molar refractivity (Wildman–Crippen MR) is 61.7 cm³/mol. The minimum atomic E-state index is -1.50. The Balaban J connectivity index is 2.50. The van der Waals surface area contributed by atoms with Gasteiger partial charge in [-0.15, -0.1) is 0 Å². The number of aryl methyl sites for hydroxylation is 1. The van der Waals surface area contributed by atoms with Crippen LogP contribution in [0.1, 0.15) is 22.3 Å². The van der Waals surface area contributed by atoms with Crippen LogP contribution in [0, 0.1) is 12.7 Å². The van der Waals surface area contributed by atoms with Crippen LogP contribution in [-0.2, 0) is 4.79 Å². The van der Waals surface area contributed by atoms with E-state index in [1.807, 2.05) is 0 Å². The summed E-state index contributed by atoms with van der Waals surface area (Å²) in [4.78, 5) is 21.9. The maximum atomic E-state index is 13.0. The molecular formula is C12H14FNO4. The molecule has 0 spiro atoms. The van der Waals surface area contributed by atoms with Gasteiger partial charge in [-0.05, 0) is 30.7 Å². The molecule has 0 aromatic heterocycles. The average molecular weight is 255 g/mol. The number of rotatable bonds is 5. The van der Waals surface area contributed by atoms with Gasteiger partial charge >= 0.3 is 5.97 Å². The highest BCUT2D eigenvalue weighted by atomic mass is 19.1. The van der Waals surface area contributed by atoms with Crippen LogP contribution < -0.4 is 5.32 Å². The molecule has 1 aromatic rings. The Kier molecular flexibility index (Phi) is 4.79. The van der Waals surface area contributed by atoms with Crippen LogP contribution in [0.5, 0.6) is 0 Å². The van der Waals surface area contributed by atoms with Crippen LogP contribution in [0.25, 0.3) is 0 Å². The largest absolute Gasteiger partial charge is 0.479 e. The first-order valence-electron chi connectivity index (χ1n) is 5.37. The summed E-state index contributed by atoms with van der Waals surface area (Å²) >= 11 is 0. The molecule has 1 atom stereocenters. The number of halogens is 1. The van der Waals surface area contributed by atoms with E-state index in [9.17, 15) is 14.0 Å². The number of carboxylic acids is 1. The number of hydrogen-bond donors (Lipinski definition) is 3. The van der Waals surface area contributed by atoms with Crippen molar-refractivity contribution in [1.29, 1.82) is 0 Å². The summed E-state index contributed by atoms with van der Waals surface area (Å²) in [6.07, 6.45) is -1.58. The first-order valence-corrected chi connectivity index (χ1v) is 5.37. The molecule has 0 bridgehead atoms. The van der Waals surface area contributed by atoms with E-state index >= 15 is 0 Å². The van der Waals surface area contributed by atoms with Crippen LogP contribution in [-0.4, -0.2) is 34.7 Å². The molecule has 0 radical (unpaired) electrons. The summed E-state index contributed by atoms with van der Waals surface area (Å²) in [6.45, 7) is 1.57. The Hall–Kier alpha value is -1.95. The van der Waals surface area contributed by atoms with Gasteiger partial charge in [0.05, 0.1) is 0 Å². The van der Waals surface area contributed by atoms with Crippen molar-refractivity contribution in [3.63, 3.8) is 0 Å². The molecule has 1 rings (SSSR count). The second-order valence-electron chi connectivity index (χ2n) is 3.86. The number of hydrogen-bond acceptors (Lipinski definition) is 3. The molecule has 0 heterocycles. The Morgan fingerprint density at radius 2 is 2.11 bits per heavy atom. The number of carbonyl (C=O) groups is 2. The second-order valence-corrected chi connectivity index (χ2v) is 3.86. The highest BCUT2D eigenvalue weighted by Gasteiger charge is 2.13. The SMILES string of the molecule is Cc1cc(C(=O)NCC[C@H](O)C(=O)O)ccc1F. The fourth-order valence-electron chi connectivity index (χ4n) is 1.33. The highest BCUT2D eigenvalue weighted by Crippen LogP contribution is 2.09. The third kappa shape index (κ3) is 3.81. The van der Waals surface area contributed by atoms with Gasteiger partial charge in [-0.1, -0.05) is 0 Å². The van der Waals surface area contributed by atoms with Gasteiger partial charge in [-0.2, -0.15) is 0 Å². The Morgan fingerprint density at radius 3 is 2.67 bits per heavy atom. The first kappa shape index (κ1) is 14.1. The maximum Gasteiger partial charge on any atom is 0.332 e. The molecule has 1 amide bonds. The van der Waals surface area contributed by atoms with Crippen LogP contribution in [0.2, 0.25) is 0 Å². The third-order valence-electron chi connectivity index (χ3n) is 2.41. The molecule has 98 valence electrons. The van der Waals surface area contributed by atoms with Gasteiger partial charge in [0.25, 0.3) is 5.91 Å². The molecule has 0 aliphatic carbocycles. The van der Waals surface area contributed by atoms with Gasteiger partial charge < -0.3 is 15.5 Å². The second kappa shape index (κ2) is 6.11. The third-order valence-corrected chi connectivity index (χ3v) is 2.41. The zero-order valence-corrected chi connectivity index (χ0v) is 9.81. The topological polar surface area (TPSA) is 86.6 Å². The molecule has 5 nitrogen and oxygen atoms in total. The summed E-state index contributed by atoms with van der Waals surface area (Å²) in [5, 5.41) is 19.9. The molecule has 0 fully saturated rings. The van der Waals surface area contributed by atoms with Crippen LogP contribution >= 0.6 is 0 Å². The Bertz CT molecular complexity index is 461. The zero-order chi connectivity index (χ0) is 13.7. The van der Waals surface area contributed by atoms with Crippen molar-refractivity contribution in [1.82, 2.24) is 5.32 Å². The monoisotopic (exact) mass is 255 g/mol. The minimum absolute atomic E-state index is 0.0305. The van der Waals surface area contributed by atoms with E-state index in [2.05, 4.69) is 5.32 Å². The lowest BCUT2D eigenvalue weighted by molar-refractivity contribution is -0.146. The van der Waals surface area contributed by atoms with Crippen molar-refractivity contribution in [2.45, 2.75) is 19.4 Å². The van der Waals surface area contributed by atoms with E-state index in [0.29, 0.717) is 11.1 Å². The number of aliphatic hydroxyl groups is 1. The highest BCUT2D eigenvalue weighted by molar-refractivity contribution is 5.94. The number of carbonyl (C=O) groups excluding carboxylic acids is 1. The van der Waals surface area contributed by atoms with E-state index in [1.165, 1.54) is 18.2 Å². The molecule has 18 heavy (non-hydrogen) atoms. The fraction of sp³-hybridized carbons (Fsp3) is 0.333. The molecule has 0 saturated heterocycles. The summed E-state index contributed by atoms with van der Waals surface area (Å²) in [5.74, 6) is -2.16. The molecule has 0 unspecified atom stereocenters. The molecule has 0 aliphatic rings. The number of carboxylic acid groups (broad SMARTS) is 1. The fourth-order valence-corrected chi connectivity index (χ4v) is 1.33. The lowest BCUT2D eigenvalue weighted by Gasteiger charge is -2.08. The Morgan fingerprint density at radius 1 is 1.44 bits per heavy atom. The van der Waals surface area contributed by atoms with E-state index in [1.54, 1.807) is 6.92 Å². The number of aliphatic hydroxyl groups excluding tert-OH is 1. The van der Waals surface area contributed by atoms with Crippen LogP contribution in [0.3, 0.4) is 0 Å². The molecule has 0 saturated carbocycles. The number of nitrogens with one attached hydrogen (secondary N) is 1. The standard InChI is InChI=1S/C12H14FNO4/c1-7-6-8(2-3-9(7)13)11(16)14-5-4-10(15)12(17)18/h2-3,6,10,15H,4-5H2,1H3,(H,14,16)(H,17,18)/t10-/m0/s1. The summed E-state index contributed by atoms with van der Waals surface area (Å²) in [5.41, 5.74) is 0.645. The van der Waals surface area contributed by atoms with Crippen molar-refractivity contribution in [3.8, 4) is 0 Å². The average Bonchev–Trinajstić information content (AvgIpc) is 2.32. The zero-order valence-electron chi connectivity index (χ0n) is 9.81. The van der Waals surface area contributed by atoms with E-state index in [-0.39, 0.29) is 13.0 Å². The number of benzene rings is 1. The summed E-state index contributed by atoms with van der Waals surface area (Å²) in [6, 6.07) is 3.93. The molecular weight excluding hydrogens is 241 g/mol. The van der Waals surface area contributed by atoms with Gasteiger partial charge in [0.15, 0.2) is 6.10 Å². The van der Waals surface area contributed by atoms with Gasteiger partial charge in [-0.3, -0.25) is 4.79 Å². The number of aliphatic carboxylic acids is 1. The first-order chi connectivity index (χ1) is 8.41. The van der Waals surface area contributed by atoms with Crippen molar-refractivity contribution in [2.24, 2.45) is 0 Å². The van der Waals surface area contributed by atoms with Crippen LogP contribution in [0.4, 0.5) is 4.39 Å². The van der Waals surface area contributed by atoms with Gasteiger partial charge in [0, 0.05) is 18.5 Å². The molecule has 3 N–H and O–H groups in total. The lowest BCUT2D eigenvalue weighted by Crippen LogP contribution is -2.30.